The number of nitrogen functional groups attached to an aromatic ring is 1. The molecule has 0 aromatic carbocycles. The molecule has 1 fully saturated rings. The number of hydrogen-bond donors (Lipinski definition) is 5. The summed E-state index contributed by atoms with van der Waals surface area (Å²) in [4.78, 5) is 29.6. The first-order valence-electron chi connectivity index (χ1n) is 6.43. The van der Waals surface area contributed by atoms with Crippen molar-refractivity contribution in [1.82, 2.24) is 19.5 Å². The number of rotatable bonds is 4. The van der Waals surface area contributed by atoms with Crippen molar-refractivity contribution < 1.29 is 33.8 Å². The minimum atomic E-state index is -4.88. The minimum Gasteiger partial charge on any atom is -0.394 e. The molecule has 3 rings (SSSR count). The molecule has 126 valence electrons. The molecule has 0 radical (unpaired) electrons. The van der Waals surface area contributed by atoms with E-state index in [2.05, 4.69) is 19.5 Å². The lowest BCUT2D eigenvalue weighted by atomic mass is 10.1. The highest BCUT2D eigenvalue weighted by Crippen LogP contribution is 2.44. The Morgan fingerprint density at radius 2 is 2.13 bits per heavy atom. The molecule has 0 amide bonds. The van der Waals surface area contributed by atoms with Crippen LogP contribution in [0.1, 0.15) is 6.23 Å². The summed E-state index contributed by atoms with van der Waals surface area (Å²) in [7, 11) is -4.88. The van der Waals surface area contributed by atoms with Gasteiger partial charge in [0.15, 0.2) is 17.7 Å². The number of aliphatic hydroxyl groups excluding tert-OH is 2. The van der Waals surface area contributed by atoms with Crippen molar-refractivity contribution in [2.24, 2.45) is 0 Å². The van der Waals surface area contributed by atoms with Gasteiger partial charge in [0.2, 0.25) is 0 Å². The Hall–Kier alpha value is -1.66. The number of ether oxygens (including phenoxy) is 1. The van der Waals surface area contributed by atoms with E-state index >= 15 is 0 Å². The van der Waals surface area contributed by atoms with Crippen LogP contribution >= 0.6 is 7.82 Å². The molecule has 0 spiro atoms. The molecule has 0 aliphatic carbocycles. The first kappa shape index (κ1) is 16.2. The van der Waals surface area contributed by atoms with Crippen LogP contribution < -0.4 is 5.73 Å². The van der Waals surface area contributed by atoms with Gasteiger partial charge in [-0.2, -0.15) is 0 Å². The summed E-state index contributed by atoms with van der Waals surface area (Å²) in [6.45, 7) is -0.609. The second-order valence-electron chi connectivity index (χ2n) is 4.88. The van der Waals surface area contributed by atoms with Gasteiger partial charge in [-0.05, 0) is 0 Å². The van der Waals surface area contributed by atoms with E-state index in [4.69, 9.17) is 20.3 Å². The van der Waals surface area contributed by atoms with Crippen molar-refractivity contribution in [2.45, 2.75) is 24.5 Å². The summed E-state index contributed by atoms with van der Waals surface area (Å²) in [6.07, 6.45) is -2.68. The summed E-state index contributed by atoms with van der Waals surface area (Å²) < 4.78 is 22.3. The molecule has 2 aromatic heterocycles. The summed E-state index contributed by atoms with van der Waals surface area (Å²) in [5.41, 5.74) is 6.21. The molecule has 1 aliphatic heterocycles. The monoisotopic (exact) mass is 347 g/mol. The molecule has 1 saturated heterocycles. The first-order chi connectivity index (χ1) is 10.8. The number of nitrogens with two attached hydrogens (primary N) is 1. The molecule has 4 atom stereocenters. The normalized spacial score (nSPS) is 28.5. The third-order valence-electron chi connectivity index (χ3n) is 3.41. The quantitative estimate of drug-likeness (QED) is 0.390. The van der Waals surface area contributed by atoms with Crippen LogP contribution in [0.25, 0.3) is 11.2 Å². The van der Waals surface area contributed by atoms with Crippen molar-refractivity contribution in [1.29, 1.82) is 0 Å². The fourth-order valence-electron chi connectivity index (χ4n) is 2.44. The topological polar surface area (TPSA) is 186 Å². The molecule has 3 heterocycles. The first-order valence-corrected chi connectivity index (χ1v) is 7.96. The van der Waals surface area contributed by atoms with E-state index in [-0.39, 0.29) is 17.0 Å². The molecule has 12 nitrogen and oxygen atoms in total. The van der Waals surface area contributed by atoms with Gasteiger partial charge in [-0.3, -0.25) is 9.09 Å². The zero-order valence-electron chi connectivity index (χ0n) is 11.5. The van der Waals surface area contributed by atoms with Crippen molar-refractivity contribution in [2.75, 3.05) is 12.3 Å². The lowest BCUT2D eigenvalue weighted by Gasteiger charge is -2.19. The van der Waals surface area contributed by atoms with Crippen LogP contribution in [0.3, 0.4) is 0 Å². The largest absolute Gasteiger partial charge is 0.470 e. The average molecular weight is 347 g/mol. The molecule has 0 bridgehead atoms. The lowest BCUT2D eigenvalue weighted by Crippen LogP contribution is -2.35. The second kappa shape index (κ2) is 5.76. The number of phosphoric acid groups is 1. The van der Waals surface area contributed by atoms with Crippen LogP contribution in [0.4, 0.5) is 5.82 Å². The number of anilines is 1. The van der Waals surface area contributed by atoms with Gasteiger partial charge in [-0.15, -0.1) is 0 Å². The highest BCUT2D eigenvalue weighted by Gasteiger charge is 2.48. The highest BCUT2D eigenvalue weighted by molar-refractivity contribution is 7.46. The van der Waals surface area contributed by atoms with Crippen LogP contribution in [0.2, 0.25) is 0 Å². The number of fused-ring (bicyclic) bond motifs is 1. The van der Waals surface area contributed by atoms with Crippen molar-refractivity contribution in [3.05, 3.63) is 12.7 Å². The fourth-order valence-corrected chi connectivity index (χ4v) is 3.02. The van der Waals surface area contributed by atoms with Crippen LogP contribution in [0.15, 0.2) is 12.7 Å². The predicted octanol–water partition coefficient (Wildman–Crippen LogP) is -1.86. The average Bonchev–Trinajstić information content (AvgIpc) is 3.01. The zero-order chi connectivity index (χ0) is 16.8. The molecule has 13 heteroatoms. The third kappa shape index (κ3) is 2.93. The number of nitrogens with zero attached hydrogens (tertiary/aromatic N) is 4. The molecule has 2 aromatic rings. The number of aliphatic hydroxyl groups is 2. The number of phosphoric ester groups is 1. The number of hydrogen-bond acceptors (Lipinski definition) is 9. The molecule has 0 saturated carbocycles. The summed E-state index contributed by atoms with van der Waals surface area (Å²) in [6, 6.07) is 0. The van der Waals surface area contributed by atoms with Gasteiger partial charge in [-0.25, -0.2) is 19.5 Å². The Labute approximate surface area is 128 Å². The van der Waals surface area contributed by atoms with Crippen molar-refractivity contribution in [3.8, 4) is 0 Å². The van der Waals surface area contributed by atoms with Gasteiger partial charge in [0.05, 0.1) is 12.9 Å². The van der Waals surface area contributed by atoms with E-state index in [1.54, 1.807) is 0 Å². The van der Waals surface area contributed by atoms with Crippen molar-refractivity contribution >= 4 is 24.8 Å². The van der Waals surface area contributed by atoms with Crippen LogP contribution in [-0.2, 0) is 13.8 Å². The Balaban J connectivity index is 1.96. The maximum absolute atomic E-state index is 11.0. The number of aromatic nitrogens is 4. The molecular weight excluding hydrogens is 333 g/mol. The lowest BCUT2D eigenvalue weighted by molar-refractivity contribution is -0.0509. The van der Waals surface area contributed by atoms with E-state index in [0.717, 1.165) is 0 Å². The molecule has 1 aliphatic rings. The summed E-state index contributed by atoms with van der Waals surface area (Å²) >= 11 is 0. The van der Waals surface area contributed by atoms with E-state index in [9.17, 15) is 14.8 Å². The Morgan fingerprint density at radius 3 is 2.78 bits per heavy atom. The molecule has 6 N–H and O–H groups in total. The van der Waals surface area contributed by atoms with Gasteiger partial charge in [0.1, 0.15) is 30.2 Å². The number of imidazole rings is 1. The van der Waals surface area contributed by atoms with E-state index < -0.39 is 39.0 Å². The molecule has 23 heavy (non-hydrogen) atoms. The predicted molar refractivity (Wildman–Crippen MR) is 73.7 cm³/mol. The van der Waals surface area contributed by atoms with Crippen LogP contribution in [0.5, 0.6) is 0 Å². The van der Waals surface area contributed by atoms with E-state index in [1.165, 1.54) is 17.2 Å². The van der Waals surface area contributed by atoms with Gasteiger partial charge in [0, 0.05) is 0 Å². The van der Waals surface area contributed by atoms with Crippen LogP contribution in [0, 0.1) is 0 Å². The van der Waals surface area contributed by atoms with Gasteiger partial charge >= 0.3 is 7.82 Å². The summed E-state index contributed by atoms with van der Waals surface area (Å²) in [5, 5.41) is 19.6. The Morgan fingerprint density at radius 1 is 1.39 bits per heavy atom. The molecule has 0 unspecified atom stereocenters. The Bertz CT molecular complexity index is 763. The van der Waals surface area contributed by atoms with E-state index in [1.807, 2.05) is 0 Å². The maximum Gasteiger partial charge on any atom is 0.470 e. The third-order valence-corrected chi connectivity index (χ3v) is 3.93. The zero-order valence-corrected chi connectivity index (χ0v) is 12.4. The van der Waals surface area contributed by atoms with Crippen molar-refractivity contribution in [3.63, 3.8) is 0 Å². The van der Waals surface area contributed by atoms with Crippen LogP contribution in [-0.4, -0.2) is 64.4 Å². The van der Waals surface area contributed by atoms with Gasteiger partial charge < -0.3 is 30.5 Å². The minimum absolute atomic E-state index is 0.128. The summed E-state index contributed by atoms with van der Waals surface area (Å²) in [5.74, 6) is 0.128. The smallest absolute Gasteiger partial charge is 0.394 e. The maximum atomic E-state index is 11.0. The highest BCUT2D eigenvalue weighted by atomic mass is 31.2. The second-order valence-corrected chi connectivity index (χ2v) is 6.07. The van der Waals surface area contributed by atoms with Gasteiger partial charge in [-0.1, -0.05) is 0 Å². The fraction of sp³-hybridized carbons (Fsp3) is 0.500. The standard InChI is InChI=1S/C10H14N5O7P/c11-8-5-9(13-2-12-8)15(3-14-5)10-6(17)7(4(1-16)21-10)22-23(18,19)20/h2-4,6-7,10,16-17H,1H2,(H2,11,12,13)(H2,18,19,20)/t4-,6-,7-,10-/m0/s1. The SMILES string of the molecule is Nc1ncnc2c1ncn2[C@H]1O[C@@H](CO)[C@H](OP(=O)(O)O)[C@@H]1O. The van der Waals surface area contributed by atoms with Gasteiger partial charge in [0.25, 0.3) is 0 Å². The molecular formula is C10H14N5O7P. The van der Waals surface area contributed by atoms with E-state index in [0.29, 0.717) is 0 Å². The Kier molecular flexibility index (Phi) is 4.06.